The largest absolute Gasteiger partial charge is 0.382 e. The Hall–Kier alpha value is -0.540. The van der Waals surface area contributed by atoms with Crippen LogP contribution in [0.2, 0.25) is 0 Å². The van der Waals surface area contributed by atoms with Gasteiger partial charge in [-0.05, 0) is 43.5 Å². The van der Waals surface area contributed by atoms with Gasteiger partial charge in [0.15, 0.2) is 0 Å². The van der Waals surface area contributed by atoms with Gasteiger partial charge >= 0.3 is 0 Å². The van der Waals surface area contributed by atoms with E-state index in [0.717, 1.165) is 30.7 Å². The lowest BCUT2D eigenvalue weighted by molar-refractivity contribution is 0.144. The highest BCUT2D eigenvalue weighted by molar-refractivity contribution is 9.10. The van der Waals surface area contributed by atoms with Gasteiger partial charge in [0.2, 0.25) is 0 Å². The predicted octanol–water partition coefficient (Wildman–Crippen LogP) is 3.90. The number of ether oxygens (including phenoxy) is 1. The molecule has 0 amide bonds. The maximum Gasteiger partial charge on any atom is 0.0639 e. The van der Waals surface area contributed by atoms with Crippen LogP contribution in [0.15, 0.2) is 16.6 Å². The van der Waals surface area contributed by atoms with Crippen molar-refractivity contribution < 1.29 is 4.74 Å². The molecule has 0 unspecified atom stereocenters. The highest BCUT2D eigenvalue weighted by Gasteiger charge is 2.03. The molecule has 16 heavy (non-hydrogen) atoms. The molecule has 0 aromatic heterocycles. The Kier molecular flexibility index (Phi) is 5.85. The molecule has 0 aliphatic rings. The summed E-state index contributed by atoms with van der Waals surface area (Å²) >= 11 is 3.50. The number of rotatable bonds is 6. The molecule has 1 N–H and O–H groups in total. The SMILES string of the molecule is CCCOCCNc1c(C)cc(Br)cc1C. The van der Waals surface area contributed by atoms with E-state index in [2.05, 4.69) is 54.2 Å². The zero-order valence-corrected chi connectivity index (χ0v) is 11.9. The summed E-state index contributed by atoms with van der Waals surface area (Å²) in [6, 6.07) is 4.25. The second kappa shape index (κ2) is 6.92. The van der Waals surface area contributed by atoms with Crippen LogP contribution >= 0.6 is 15.9 Å². The smallest absolute Gasteiger partial charge is 0.0639 e. The highest BCUT2D eigenvalue weighted by Crippen LogP contribution is 2.24. The molecule has 0 aliphatic carbocycles. The lowest BCUT2D eigenvalue weighted by Gasteiger charge is -2.13. The van der Waals surface area contributed by atoms with Crippen molar-refractivity contribution in [1.82, 2.24) is 0 Å². The molecule has 2 nitrogen and oxygen atoms in total. The third-order valence-electron chi connectivity index (χ3n) is 2.39. The molecule has 90 valence electrons. The third-order valence-corrected chi connectivity index (χ3v) is 2.85. The topological polar surface area (TPSA) is 21.3 Å². The summed E-state index contributed by atoms with van der Waals surface area (Å²) in [5, 5.41) is 3.42. The fourth-order valence-electron chi connectivity index (χ4n) is 1.68. The molecule has 1 aromatic carbocycles. The van der Waals surface area contributed by atoms with Gasteiger partial charge in [-0.1, -0.05) is 22.9 Å². The molecule has 0 radical (unpaired) electrons. The quantitative estimate of drug-likeness (QED) is 0.801. The first-order valence-corrected chi connectivity index (χ1v) is 6.52. The van der Waals surface area contributed by atoms with Gasteiger partial charge in [-0.25, -0.2) is 0 Å². The van der Waals surface area contributed by atoms with E-state index in [0.29, 0.717) is 0 Å². The molecule has 1 aromatic rings. The fraction of sp³-hybridized carbons (Fsp3) is 0.538. The maximum absolute atomic E-state index is 5.44. The average molecular weight is 286 g/mol. The second-order valence-corrected chi connectivity index (χ2v) is 4.87. The zero-order valence-electron chi connectivity index (χ0n) is 10.3. The fourth-order valence-corrected chi connectivity index (χ4v) is 2.37. The van der Waals surface area contributed by atoms with E-state index in [1.54, 1.807) is 0 Å². The first-order chi connectivity index (χ1) is 7.65. The van der Waals surface area contributed by atoms with Crippen molar-refractivity contribution in [2.24, 2.45) is 0 Å². The molecule has 0 heterocycles. The Bertz CT molecular complexity index is 316. The van der Waals surface area contributed by atoms with Crippen LogP contribution in [0, 0.1) is 13.8 Å². The maximum atomic E-state index is 5.44. The summed E-state index contributed by atoms with van der Waals surface area (Å²) in [6.07, 6.45) is 1.08. The van der Waals surface area contributed by atoms with Crippen LogP contribution in [-0.2, 0) is 4.74 Å². The van der Waals surface area contributed by atoms with Crippen LogP contribution in [0.5, 0.6) is 0 Å². The number of halogens is 1. The lowest BCUT2D eigenvalue weighted by Crippen LogP contribution is -2.11. The summed E-state index contributed by atoms with van der Waals surface area (Å²) < 4.78 is 6.57. The second-order valence-electron chi connectivity index (χ2n) is 3.95. The number of hydrogen-bond acceptors (Lipinski definition) is 2. The van der Waals surface area contributed by atoms with Gasteiger partial charge in [-0.3, -0.25) is 0 Å². The minimum absolute atomic E-state index is 0.767. The summed E-state index contributed by atoms with van der Waals surface area (Å²) in [4.78, 5) is 0. The number of hydrogen-bond donors (Lipinski definition) is 1. The van der Waals surface area contributed by atoms with Gasteiger partial charge in [0.1, 0.15) is 0 Å². The Morgan fingerprint density at radius 1 is 1.19 bits per heavy atom. The number of anilines is 1. The van der Waals surface area contributed by atoms with Crippen molar-refractivity contribution in [2.75, 3.05) is 25.1 Å². The van der Waals surface area contributed by atoms with Crippen molar-refractivity contribution >= 4 is 21.6 Å². The average Bonchev–Trinajstić information content (AvgIpc) is 2.20. The number of benzene rings is 1. The molecule has 0 aliphatic heterocycles. The van der Waals surface area contributed by atoms with Crippen LogP contribution in [0.1, 0.15) is 24.5 Å². The van der Waals surface area contributed by atoms with Gasteiger partial charge in [0, 0.05) is 23.3 Å². The van der Waals surface area contributed by atoms with Crippen LogP contribution in [0.25, 0.3) is 0 Å². The summed E-state index contributed by atoms with van der Waals surface area (Å²) in [5.41, 5.74) is 3.76. The van der Waals surface area contributed by atoms with E-state index >= 15 is 0 Å². The molecular formula is C13H20BrNO. The zero-order chi connectivity index (χ0) is 12.0. The summed E-state index contributed by atoms with van der Waals surface area (Å²) in [6.45, 7) is 8.84. The molecule has 0 saturated heterocycles. The summed E-state index contributed by atoms with van der Waals surface area (Å²) in [5.74, 6) is 0. The normalized spacial score (nSPS) is 10.5. The molecular weight excluding hydrogens is 266 g/mol. The number of aryl methyl sites for hydroxylation is 2. The van der Waals surface area contributed by atoms with Crippen molar-refractivity contribution in [3.63, 3.8) is 0 Å². The van der Waals surface area contributed by atoms with Crippen LogP contribution < -0.4 is 5.32 Å². The lowest BCUT2D eigenvalue weighted by atomic mass is 10.1. The Morgan fingerprint density at radius 2 is 1.81 bits per heavy atom. The molecule has 0 spiro atoms. The van der Waals surface area contributed by atoms with E-state index in [1.165, 1.54) is 16.8 Å². The minimum atomic E-state index is 0.767. The Labute approximate surface area is 107 Å². The van der Waals surface area contributed by atoms with E-state index in [1.807, 2.05) is 0 Å². The van der Waals surface area contributed by atoms with E-state index < -0.39 is 0 Å². The first-order valence-electron chi connectivity index (χ1n) is 5.73. The van der Waals surface area contributed by atoms with Crippen molar-refractivity contribution in [3.05, 3.63) is 27.7 Å². The monoisotopic (exact) mass is 285 g/mol. The predicted molar refractivity (Wildman–Crippen MR) is 73.2 cm³/mol. The molecule has 0 atom stereocenters. The minimum Gasteiger partial charge on any atom is -0.382 e. The van der Waals surface area contributed by atoms with Gasteiger partial charge in [-0.15, -0.1) is 0 Å². The Balaban J connectivity index is 2.47. The first kappa shape index (κ1) is 13.5. The van der Waals surface area contributed by atoms with E-state index in [9.17, 15) is 0 Å². The van der Waals surface area contributed by atoms with Crippen LogP contribution in [0.3, 0.4) is 0 Å². The van der Waals surface area contributed by atoms with Crippen molar-refractivity contribution in [2.45, 2.75) is 27.2 Å². The van der Waals surface area contributed by atoms with E-state index in [-0.39, 0.29) is 0 Å². The molecule has 0 bridgehead atoms. The van der Waals surface area contributed by atoms with Crippen molar-refractivity contribution in [1.29, 1.82) is 0 Å². The molecule has 3 heteroatoms. The van der Waals surface area contributed by atoms with E-state index in [4.69, 9.17) is 4.74 Å². The number of nitrogens with one attached hydrogen (secondary N) is 1. The molecule has 0 saturated carbocycles. The van der Waals surface area contributed by atoms with Gasteiger partial charge in [0.25, 0.3) is 0 Å². The van der Waals surface area contributed by atoms with Gasteiger partial charge in [-0.2, -0.15) is 0 Å². The van der Waals surface area contributed by atoms with Crippen LogP contribution in [0.4, 0.5) is 5.69 Å². The van der Waals surface area contributed by atoms with Gasteiger partial charge < -0.3 is 10.1 Å². The van der Waals surface area contributed by atoms with Crippen molar-refractivity contribution in [3.8, 4) is 0 Å². The van der Waals surface area contributed by atoms with Crippen LogP contribution in [-0.4, -0.2) is 19.8 Å². The highest BCUT2D eigenvalue weighted by atomic mass is 79.9. The molecule has 1 rings (SSSR count). The molecule has 0 fully saturated rings. The summed E-state index contributed by atoms with van der Waals surface area (Å²) in [7, 11) is 0. The third kappa shape index (κ3) is 4.14. The standard InChI is InChI=1S/C13H20BrNO/c1-4-6-16-7-5-15-13-10(2)8-12(14)9-11(13)3/h8-9,15H,4-7H2,1-3H3. The van der Waals surface area contributed by atoms with Gasteiger partial charge in [0.05, 0.1) is 6.61 Å². The Morgan fingerprint density at radius 3 is 2.38 bits per heavy atom.